The molecule has 2 aromatic carbocycles. The third-order valence-electron chi connectivity index (χ3n) is 6.75. The second-order valence-electron chi connectivity index (χ2n) is 8.40. The first kappa shape index (κ1) is 18.4. The molecule has 0 bridgehead atoms. The summed E-state index contributed by atoms with van der Waals surface area (Å²) in [6, 6.07) is 18.5. The van der Waals surface area contributed by atoms with E-state index in [1.54, 1.807) is 0 Å². The summed E-state index contributed by atoms with van der Waals surface area (Å²) < 4.78 is 5.78. The minimum Gasteiger partial charge on any atom is -0.381 e. The number of rotatable bonds is 3. The van der Waals surface area contributed by atoms with E-state index < -0.39 is 0 Å². The number of fused-ring (bicyclic) bond motifs is 2. The summed E-state index contributed by atoms with van der Waals surface area (Å²) in [5.74, 6) is 0.759. The summed E-state index contributed by atoms with van der Waals surface area (Å²) in [7, 11) is 0. The fourth-order valence-corrected chi connectivity index (χ4v) is 5.35. The van der Waals surface area contributed by atoms with Crippen LogP contribution in [0.3, 0.4) is 0 Å². The number of ether oxygens (including phenoxy) is 1. The summed E-state index contributed by atoms with van der Waals surface area (Å²) in [6.07, 6.45) is 1.65. The molecule has 0 aromatic heterocycles. The summed E-state index contributed by atoms with van der Waals surface area (Å²) >= 11 is 0. The molecule has 3 heterocycles. The maximum Gasteiger partial charge on any atom is 0.225 e. The van der Waals surface area contributed by atoms with Gasteiger partial charge in [0, 0.05) is 55.5 Å². The van der Waals surface area contributed by atoms with Gasteiger partial charge in [0.25, 0.3) is 0 Å². The van der Waals surface area contributed by atoms with Crippen LogP contribution in [0.5, 0.6) is 0 Å². The molecule has 1 N–H and O–H groups in total. The Labute approximate surface area is 171 Å². The highest BCUT2D eigenvalue weighted by Gasteiger charge is 2.46. The Morgan fingerprint density at radius 2 is 1.90 bits per heavy atom. The van der Waals surface area contributed by atoms with Crippen LogP contribution in [0.25, 0.3) is 0 Å². The standard InChI is InChI=1S/C24H26N2O3/c27-23-12-17(18-8-4-5-9-21(18)25-23)13-24(28)26-14-19(16-6-2-1-3-7-16)20-15-29-11-10-22(20)26/h1-9,17,19-20,22H,10-15H2,(H,25,27). The van der Waals surface area contributed by atoms with E-state index in [4.69, 9.17) is 4.74 Å². The summed E-state index contributed by atoms with van der Waals surface area (Å²) in [4.78, 5) is 27.6. The van der Waals surface area contributed by atoms with Gasteiger partial charge in [-0.25, -0.2) is 0 Å². The van der Waals surface area contributed by atoms with Crippen molar-refractivity contribution in [2.24, 2.45) is 5.92 Å². The van der Waals surface area contributed by atoms with Gasteiger partial charge in [-0.2, -0.15) is 0 Å². The third kappa shape index (κ3) is 3.44. The zero-order valence-electron chi connectivity index (χ0n) is 16.4. The van der Waals surface area contributed by atoms with Crippen molar-refractivity contribution in [3.05, 3.63) is 65.7 Å². The van der Waals surface area contributed by atoms with Crippen LogP contribution >= 0.6 is 0 Å². The Balaban J connectivity index is 1.38. The van der Waals surface area contributed by atoms with E-state index in [1.165, 1.54) is 5.56 Å². The van der Waals surface area contributed by atoms with Crippen LogP contribution in [0.2, 0.25) is 0 Å². The molecule has 0 saturated carbocycles. The molecule has 3 aliphatic rings. The van der Waals surface area contributed by atoms with Crippen LogP contribution in [0, 0.1) is 5.92 Å². The second-order valence-corrected chi connectivity index (χ2v) is 8.40. The van der Waals surface area contributed by atoms with Crippen LogP contribution in [-0.2, 0) is 14.3 Å². The number of para-hydroxylation sites is 1. The van der Waals surface area contributed by atoms with Crippen molar-refractivity contribution in [2.75, 3.05) is 25.1 Å². The van der Waals surface area contributed by atoms with Gasteiger partial charge < -0.3 is 15.0 Å². The molecule has 0 spiro atoms. The number of benzene rings is 2. The lowest BCUT2D eigenvalue weighted by Crippen LogP contribution is -2.42. The number of nitrogens with one attached hydrogen (secondary N) is 1. The minimum absolute atomic E-state index is 0.00553. The van der Waals surface area contributed by atoms with E-state index in [2.05, 4.69) is 34.5 Å². The topological polar surface area (TPSA) is 58.6 Å². The molecule has 2 fully saturated rings. The molecule has 2 amide bonds. The van der Waals surface area contributed by atoms with Crippen molar-refractivity contribution < 1.29 is 14.3 Å². The predicted octanol–water partition coefficient (Wildman–Crippen LogP) is 3.53. The van der Waals surface area contributed by atoms with Gasteiger partial charge in [0.2, 0.25) is 11.8 Å². The fourth-order valence-electron chi connectivity index (χ4n) is 5.35. The van der Waals surface area contributed by atoms with Gasteiger partial charge in [-0.3, -0.25) is 9.59 Å². The largest absolute Gasteiger partial charge is 0.381 e. The molecule has 0 radical (unpaired) electrons. The van der Waals surface area contributed by atoms with Crippen molar-refractivity contribution in [2.45, 2.75) is 37.1 Å². The molecular formula is C24H26N2O3. The Morgan fingerprint density at radius 3 is 2.76 bits per heavy atom. The van der Waals surface area contributed by atoms with Gasteiger partial charge in [-0.05, 0) is 23.6 Å². The van der Waals surface area contributed by atoms with Crippen LogP contribution in [0.4, 0.5) is 5.69 Å². The van der Waals surface area contributed by atoms with E-state index >= 15 is 0 Å². The van der Waals surface area contributed by atoms with E-state index in [1.807, 2.05) is 30.3 Å². The number of amides is 2. The van der Waals surface area contributed by atoms with Crippen LogP contribution in [0.15, 0.2) is 54.6 Å². The maximum absolute atomic E-state index is 13.4. The van der Waals surface area contributed by atoms with Crippen molar-refractivity contribution in [3.8, 4) is 0 Å². The molecule has 4 atom stereocenters. The SMILES string of the molecule is O=C1CC(CC(=O)N2CC(c3ccccc3)C3COCCC32)c2ccccc2N1. The van der Waals surface area contributed by atoms with Gasteiger partial charge >= 0.3 is 0 Å². The fraction of sp³-hybridized carbons (Fsp3) is 0.417. The van der Waals surface area contributed by atoms with Crippen LogP contribution < -0.4 is 5.32 Å². The number of hydrogen-bond acceptors (Lipinski definition) is 3. The lowest BCUT2D eigenvalue weighted by atomic mass is 9.84. The van der Waals surface area contributed by atoms with Gasteiger partial charge in [-0.15, -0.1) is 0 Å². The Kier molecular flexibility index (Phi) is 4.84. The number of likely N-dealkylation sites (tertiary alicyclic amines) is 1. The van der Waals surface area contributed by atoms with Crippen LogP contribution in [-0.4, -0.2) is 42.5 Å². The molecule has 2 aromatic rings. The van der Waals surface area contributed by atoms with E-state index in [0.29, 0.717) is 37.9 Å². The molecule has 5 rings (SSSR count). The minimum atomic E-state index is -0.0542. The number of hydrogen-bond donors (Lipinski definition) is 1. The summed E-state index contributed by atoms with van der Waals surface area (Å²) in [6.45, 7) is 2.16. The lowest BCUT2D eigenvalue weighted by Gasteiger charge is -2.33. The molecule has 29 heavy (non-hydrogen) atoms. The van der Waals surface area contributed by atoms with E-state index in [9.17, 15) is 9.59 Å². The molecule has 3 aliphatic heterocycles. The molecule has 0 aliphatic carbocycles. The van der Waals surface area contributed by atoms with E-state index in [-0.39, 0.29) is 23.8 Å². The van der Waals surface area contributed by atoms with Gasteiger partial charge in [0.1, 0.15) is 0 Å². The van der Waals surface area contributed by atoms with Crippen molar-refractivity contribution in [1.29, 1.82) is 0 Å². The Hall–Kier alpha value is -2.66. The third-order valence-corrected chi connectivity index (χ3v) is 6.75. The normalized spacial score (nSPS) is 28.4. The number of anilines is 1. The smallest absolute Gasteiger partial charge is 0.225 e. The predicted molar refractivity (Wildman–Crippen MR) is 111 cm³/mol. The highest BCUT2D eigenvalue weighted by Crippen LogP contribution is 2.42. The molecular weight excluding hydrogens is 364 g/mol. The average Bonchev–Trinajstić information content (AvgIpc) is 3.14. The molecule has 5 heteroatoms. The maximum atomic E-state index is 13.4. The number of nitrogens with zero attached hydrogens (tertiary/aromatic N) is 1. The second kappa shape index (κ2) is 7.64. The summed E-state index contributed by atoms with van der Waals surface area (Å²) in [5.41, 5.74) is 3.20. The van der Waals surface area contributed by atoms with Crippen molar-refractivity contribution in [3.63, 3.8) is 0 Å². The Bertz CT molecular complexity index is 913. The van der Waals surface area contributed by atoms with Crippen LogP contribution in [0.1, 0.15) is 42.2 Å². The molecule has 2 saturated heterocycles. The first-order valence-electron chi connectivity index (χ1n) is 10.5. The van der Waals surface area contributed by atoms with Crippen molar-refractivity contribution in [1.82, 2.24) is 4.90 Å². The molecule has 150 valence electrons. The zero-order chi connectivity index (χ0) is 19.8. The first-order chi connectivity index (χ1) is 14.2. The quantitative estimate of drug-likeness (QED) is 0.872. The molecule has 5 nitrogen and oxygen atoms in total. The highest BCUT2D eigenvalue weighted by molar-refractivity contribution is 5.95. The number of carbonyl (C=O) groups excluding carboxylic acids is 2. The number of carbonyl (C=O) groups is 2. The first-order valence-corrected chi connectivity index (χ1v) is 10.5. The van der Waals surface area contributed by atoms with Gasteiger partial charge in [-0.1, -0.05) is 48.5 Å². The van der Waals surface area contributed by atoms with Gasteiger partial charge in [0.05, 0.1) is 6.61 Å². The van der Waals surface area contributed by atoms with Gasteiger partial charge in [0.15, 0.2) is 0 Å². The molecule has 4 unspecified atom stereocenters. The van der Waals surface area contributed by atoms with Crippen molar-refractivity contribution >= 4 is 17.5 Å². The van der Waals surface area contributed by atoms with E-state index in [0.717, 1.165) is 24.2 Å². The lowest BCUT2D eigenvalue weighted by molar-refractivity contribution is -0.134. The monoisotopic (exact) mass is 390 g/mol. The average molecular weight is 390 g/mol. The summed E-state index contributed by atoms with van der Waals surface area (Å²) in [5, 5.41) is 2.93. The highest BCUT2D eigenvalue weighted by atomic mass is 16.5. The Morgan fingerprint density at radius 1 is 1.10 bits per heavy atom. The zero-order valence-corrected chi connectivity index (χ0v) is 16.4.